The Morgan fingerprint density at radius 1 is 1.19 bits per heavy atom. The van der Waals surface area contributed by atoms with Gasteiger partial charge >= 0.3 is 0 Å². The van der Waals surface area contributed by atoms with Crippen molar-refractivity contribution in [3.63, 3.8) is 0 Å². The first-order valence-electron chi connectivity index (χ1n) is 11.2. The van der Waals surface area contributed by atoms with Gasteiger partial charge in [-0.15, -0.1) is 0 Å². The summed E-state index contributed by atoms with van der Waals surface area (Å²) >= 11 is 0. The monoisotopic (exact) mass is 429 g/mol. The smallest absolute Gasteiger partial charge is 0.226 e. The number of hydrogen-bond donors (Lipinski definition) is 3. The summed E-state index contributed by atoms with van der Waals surface area (Å²) in [7, 11) is 0. The van der Waals surface area contributed by atoms with Crippen molar-refractivity contribution in [2.45, 2.75) is 51.6 Å². The summed E-state index contributed by atoms with van der Waals surface area (Å²) < 4.78 is 0. The number of nitrogens with two attached hydrogens (primary N) is 1. The highest BCUT2D eigenvalue weighted by Crippen LogP contribution is 2.33. The molecule has 32 heavy (non-hydrogen) atoms. The van der Waals surface area contributed by atoms with Gasteiger partial charge in [-0.2, -0.15) is 15.2 Å². The van der Waals surface area contributed by atoms with Crippen molar-refractivity contribution >= 4 is 22.8 Å². The van der Waals surface area contributed by atoms with Crippen molar-refractivity contribution < 1.29 is 5.11 Å². The Labute approximate surface area is 187 Å². The van der Waals surface area contributed by atoms with E-state index >= 15 is 0 Å². The molecule has 8 nitrogen and oxygen atoms in total. The summed E-state index contributed by atoms with van der Waals surface area (Å²) in [5.74, 6) is 1.23. The van der Waals surface area contributed by atoms with E-state index in [9.17, 15) is 5.11 Å². The fraction of sp³-hybridized carbons (Fsp3) is 0.417. The van der Waals surface area contributed by atoms with Crippen LogP contribution in [-0.2, 0) is 19.4 Å². The van der Waals surface area contributed by atoms with Gasteiger partial charge in [-0.1, -0.05) is 6.07 Å². The van der Waals surface area contributed by atoms with Gasteiger partial charge in [-0.3, -0.25) is 4.90 Å². The number of piperidine rings is 1. The number of nitrogens with zero attached hydrogens (tertiary/aromatic N) is 5. The molecule has 1 aromatic carbocycles. The summed E-state index contributed by atoms with van der Waals surface area (Å²) in [4.78, 5) is 16.3. The second-order valence-electron chi connectivity index (χ2n) is 8.79. The number of fused-ring (bicyclic) bond motifs is 3. The average Bonchev–Trinajstić information content (AvgIpc) is 3.26. The lowest BCUT2D eigenvalue weighted by molar-refractivity contribution is 0.209. The summed E-state index contributed by atoms with van der Waals surface area (Å²) in [6.07, 6.45) is 5.09. The topological polar surface area (TPSA) is 124 Å². The second-order valence-corrected chi connectivity index (χ2v) is 8.79. The first kappa shape index (κ1) is 20.5. The zero-order valence-electron chi connectivity index (χ0n) is 18.2. The number of aromatic nitrogens is 3. The molecule has 0 bridgehead atoms. The molecule has 4 N–H and O–H groups in total. The van der Waals surface area contributed by atoms with E-state index in [2.05, 4.69) is 28.2 Å². The summed E-state index contributed by atoms with van der Waals surface area (Å²) in [5, 5.41) is 23.5. The van der Waals surface area contributed by atoms with Crippen molar-refractivity contribution in [3.05, 3.63) is 46.1 Å². The number of phenols is 1. The van der Waals surface area contributed by atoms with E-state index in [1.54, 1.807) is 6.07 Å². The van der Waals surface area contributed by atoms with Gasteiger partial charge in [0.05, 0.1) is 17.0 Å². The maximum Gasteiger partial charge on any atom is 0.226 e. The highest BCUT2D eigenvalue weighted by Gasteiger charge is 2.24. The van der Waals surface area contributed by atoms with E-state index < -0.39 is 0 Å². The molecular formula is C24H27N7O. The zero-order valence-corrected chi connectivity index (χ0v) is 18.2. The number of phenolic OH excluding ortho intramolecular Hbond substituents is 1. The molecular weight excluding hydrogens is 402 g/mol. The molecule has 1 saturated heterocycles. The zero-order chi connectivity index (χ0) is 22.2. The molecule has 3 heterocycles. The minimum Gasteiger partial charge on any atom is -0.508 e. The number of nitrogen functional groups attached to an aromatic ring is 1. The van der Waals surface area contributed by atoms with Gasteiger partial charge < -0.3 is 16.2 Å². The molecule has 3 aromatic rings. The van der Waals surface area contributed by atoms with Crippen LogP contribution < -0.4 is 11.1 Å². The third-order valence-electron chi connectivity index (χ3n) is 6.68. The Bertz CT molecular complexity index is 1230. The molecule has 0 amide bonds. The summed E-state index contributed by atoms with van der Waals surface area (Å²) in [6, 6.07) is 7.41. The van der Waals surface area contributed by atoms with Crippen LogP contribution in [0.1, 0.15) is 47.2 Å². The van der Waals surface area contributed by atoms with Crippen molar-refractivity contribution in [1.29, 1.82) is 5.26 Å². The molecule has 0 saturated carbocycles. The molecule has 8 heteroatoms. The minimum absolute atomic E-state index is 0.179. The van der Waals surface area contributed by atoms with Crippen LogP contribution in [0.25, 0.3) is 11.0 Å². The average molecular weight is 430 g/mol. The number of nitriles is 1. The van der Waals surface area contributed by atoms with Gasteiger partial charge in [-0.25, -0.2) is 4.98 Å². The highest BCUT2D eigenvalue weighted by atomic mass is 16.3. The van der Waals surface area contributed by atoms with Crippen LogP contribution in [0.5, 0.6) is 5.75 Å². The lowest BCUT2D eigenvalue weighted by Gasteiger charge is -2.32. The fourth-order valence-corrected chi connectivity index (χ4v) is 4.97. The first-order valence-corrected chi connectivity index (χ1v) is 11.2. The van der Waals surface area contributed by atoms with Crippen LogP contribution in [0.4, 0.5) is 11.8 Å². The van der Waals surface area contributed by atoms with Crippen LogP contribution in [0.2, 0.25) is 0 Å². The van der Waals surface area contributed by atoms with Gasteiger partial charge in [0.25, 0.3) is 0 Å². The molecule has 1 aliphatic heterocycles. The quantitative estimate of drug-likeness (QED) is 0.578. The van der Waals surface area contributed by atoms with Crippen LogP contribution in [0.3, 0.4) is 0 Å². The van der Waals surface area contributed by atoms with Crippen molar-refractivity contribution in [1.82, 2.24) is 19.9 Å². The number of hydrogen-bond acceptors (Lipinski definition) is 8. The van der Waals surface area contributed by atoms with E-state index in [1.807, 2.05) is 6.07 Å². The normalized spacial score (nSPS) is 16.8. The third-order valence-corrected chi connectivity index (χ3v) is 6.68. The second kappa shape index (κ2) is 8.24. The van der Waals surface area contributed by atoms with E-state index in [0.29, 0.717) is 29.5 Å². The van der Waals surface area contributed by atoms with Gasteiger partial charge in [-0.05, 0) is 62.3 Å². The summed E-state index contributed by atoms with van der Waals surface area (Å²) in [5.41, 5.74) is 12.0. The van der Waals surface area contributed by atoms with E-state index in [4.69, 9.17) is 21.0 Å². The van der Waals surface area contributed by atoms with Gasteiger partial charge in [0, 0.05) is 36.9 Å². The lowest BCUT2D eigenvalue weighted by Crippen LogP contribution is -2.39. The molecule has 2 aromatic heterocycles. The van der Waals surface area contributed by atoms with Crippen LogP contribution >= 0.6 is 0 Å². The number of benzene rings is 1. The maximum atomic E-state index is 10.2. The van der Waals surface area contributed by atoms with Crippen molar-refractivity contribution in [3.8, 4) is 11.8 Å². The lowest BCUT2D eigenvalue weighted by atomic mass is 10.0. The van der Waals surface area contributed by atoms with Crippen LogP contribution in [-0.4, -0.2) is 44.1 Å². The number of nitrogens with one attached hydrogen (secondary N) is 1. The third kappa shape index (κ3) is 3.80. The molecule has 0 atom stereocenters. The Hall–Kier alpha value is -3.44. The number of anilines is 2. The molecule has 1 aliphatic carbocycles. The number of likely N-dealkylation sites (tertiary alicyclic amines) is 1. The predicted octanol–water partition coefficient (Wildman–Crippen LogP) is 3.06. The van der Waals surface area contributed by atoms with Crippen LogP contribution in [0, 0.1) is 18.3 Å². The minimum atomic E-state index is 0.179. The first-order chi connectivity index (χ1) is 15.5. The van der Waals surface area contributed by atoms with E-state index in [0.717, 1.165) is 61.8 Å². The highest BCUT2D eigenvalue weighted by molar-refractivity contribution is 5.91. The predicted molar refractivity (Wildman–Crippen MR) is 123 cm³/mol. The Morgan fingerprint density at radius 2 is 1.97 bits per heavy atom. The van der Waals surface area contributed by atoms with Crippen molar-refractivity contribution in [2.24, 2.45) is 0 Å². The molecule has 2 aliphatic rings. The van der Waals surface area contributed by atoms with Gasteiger partial charge in [0.15, 0.2) is 5.65 Å². The Balaban J connectivity index is 1.25. The molecule has 0 spiro atoms. The van der Waals surface area contributed by atoms with E-state index in [-0.39, 0.29) is 11.8 Å². The Kier molecular flexibility index (Phi) is 5.27. The molecule has 1 fully saturated rings. The largest absolute Gasteiger partial charge is 0.508 e. The van der Waals surface area contributed by atoms with Gasteiger partial charge in [0.1, 0.15) is 11.6 Å². The number of pyridine rings is 1. The number of aryl methyl sites for hydroxylation is 2. The van der Waals surface area contributed by atoms with Crippen molar-refractivity contribution in [2.75, 3.05) is 24.1 Å². The standard InChI is InChI=1S/C24H27N7O/c1-14-18-3-2-4-19(18)21-22(26)29-24(30-23(21)27-14)28-17-7-9-31(10-8-17)13-16-6-5-15(12-25)11-20(16)32/h5-6,11,17,32H,2-4,7-10,13H2,1H3,(H3,26,27,28,29,30). The van der Waals surface area contributed by atoms with Crippen LogP contribution in [0.15, 0.2) is 18.2 Å². The number of rotatable bonds is 4. The number of aromatic hydroxyl groups is 1. The molecule has 164 valence electrons. The summed E-state index contributed by atoms with van der Waals surface area (Å²) in [6.45, 7) is 4.50. The Morgan fingerprint density at radius 3 is 2.72 bits per heavy atom. The SMILES string of the molecule is Cc1nc2nc(NC3CCN(Cc4ccc(C#N)cc4O)CC3)nc(N)c2c2c1CCC2. The fourth-order valence-electron chi connectivity index (χ4n) is 4.97. The van der Waals surface area contributed by atoms with Gasteiger partial charge in [0.2, 0.25) is 5.95 Å². The molecule has 0 radical (unpaired) electrons. The molecule has 5 rings (SSSR count). The molecule has 0 unspecified atom stereocenters. The maximum absolute atomic E-state index is 10.2. The van der Waals surface area contributed by atoms with E-state index in [1.165, 1.54) is 17.2 Å².